The number of methoxy groups -OCH3 is 1. The van der Waals surface area contributed by atoms with Gasteiger partial charge in [0.1, 0.15) is 5.75 Å². The first-order valence-corrected chi connectivity index (χ1v) is 7.19. The molecule has 1 aromatic heterocycles. The largest absolute Gasteiger partial charge is 0.493 e. The van der Waals surface area contributed by atoms with Gasteiger partial charge in [-0.1, -0.05) is 31.2 Å². The molecule has 0 aliphatic carbocycles. The van der Waals surface area contributed by atoms with Crippen molar-refractivity contribution in [2.24, 2.45) is 0 Å². The summed E-state index contributed by atoms with van der Waals surface area (Å²) in [7, 11) is 3.56. The number of rotatable bonds is 7. The minimum Gasteiger partial charge on any atom is -0.493 e. The van der Waals surface area contributed by atoms with Crippen LogP contribution >= 0.6 is 0 Å². The van der Waals surface area contributed by atoms with Crippen LogP contribution in [0.1, 0.15) is 30.5 Å². The third-order valence-corrected chi connectivity index (χ3v) is 3.29. The summed E-state index contributed by atoms with van der Waals surface area (Å²) >= 11 is 0. The fraction of sp³-hybridized carbons (Fsp3) is 0.353. The van der Waals surface area contributed by atoms with E-state index < -0.39 is 0 Å². The van der Waals surface area contributed by atoms with E-state index in [0.717, 1.165) is 23.3 Å². The lowest BCUT2D eigenvalue weighted by molar-refractivity contribution is 0.311. The zero-order chi connectivity index (χ0) is 15.1. The number of benzene rings is 1. The molecule has 4 heteroatoms. The Bertz CT molecular complexity index is 572. The SMILES string of the molecule is CCCOc1ccccc1C(NC)c1cccnc1OC. The van der Waals surface area contributed by atoms with Crippen LogP contribution in [0.5, 0.6) is 11.6 Å². The van der Waals surface area contributed by atoms with Gasteiger partial charge in [-0.25, -0.2) is 4.98 Å². The Labute approximate surface area is 126 Å². The molecule has 1 unspecified atom stereocenters. The lowest BCUT2D eigenvalue weighted by Crippen LogP contribution is -2.19. The van der Waals surface area contributed by atoms with E-state index in [1.165, 1.54) is 0 Å². The minimum atomic E-state index is -0.0262. The molecule has 1 aromatic carbocycles. The van der Waals surface area contributed by atoms with Crippen molar-refractivity contribution >= 4 is 0 Å². The van der Waals surface area contributed by atoms with Gasteiger partial charge in [0.15, 0.2) is 0 Å². The summed E-state index contributed by atoms with van der Waals surface area (Å²) in [6.45, 7) is 2.81. The smallest absolute Gasteiger partial charge is 0.218 e. The maximum atomic E-state index is 5.86. The fourth-order valence-corrected chi connectivity index (χ4v) is 2.33. The van der Waals surface area contributed by atoms with Crippen molar-refractivity contribution in [1.82, 2.24) is 10.3 Å². The molecule has 0 radical (unpaired) electrons. The molecule has 1 heterocycles. The molecule has 0 saturated heterocycles. The molecule has 0 amide bonds. The first-order valence-electron chi connectivity index (χ1n) is 7.19. The average Bonchev–Trinajstić information content (AvgIpc) is 2.55. The Balaban J connectivity index is 2.41. The molecular weight excluding hydrogens is 264 g/mol. The summed E-state index contributed by atoms with van der Waals surface area (Å²) in [4.78, 5) is 4.28. The van der Waals surface area contributed by atoms with Crippen LogP contribution in [0.2, 0.25) is 0 Å². The van der Waals surface area contributed by atoms with E-state index >= 15 is 0 Å². The van der Waals surface area contributed by atoms with Gasteiger partial charge < -0.3 is 14.8 Å². The van der Waals surface area contributed by atoms with Crippen molar-refractivity contribution < 1.29 is 9.47 Å². The van der Waals surface area contributed by atoms with Gasteiger partial charge in [0.2, 0.25) is 5.88 Å². The Morgan fingerprint density at radius 2 is 1.90 bits per heavy atom. The Morgan fingerprint density at radius 3 is 2.62 bits per heavy atom. The number of pyridine rings is 1. The maximum Gasteiger partial charge on any atom is 0.218 e. The first-order chi connectivity index (χ1) is 10.3. The van der Waals surface area contributed by atoms with Gasteiger partial charge in [-0.05, 0) is 25.6 Å². The monoisotopic (exact) mass is 286 g/mol. The highest BCUT2D eigenvalue weighted by Gasteiger charge is 2.20. The molecule has 21 heavy (non-hydrogen) atoms. The quantitative estimate of drug-likeness (QED) is 0.849. The summed E-state index contributed by atoms with van der Waals surface area (Å²) in [6, 6.07) is 12.0. The van der Waals surface area contributed by atoms with Gasteiger partial charge in [0.25, 0.3) is 0 Å². The molecule has 0 fully saturated rings. The average molecular weight is 286 g/mol. The van der Waals surface area contributed by atoms with Crippen molar-refractivity contribution in [3.8, 4) is 11.6 Å². The molecular formula is C17H22N2O2. The number of nitrogens with zero attached hydrogens (tertiary/aromatic N) is 1. The van der Waals surface area contributed by atoms with E-state index in [-0.39, 0.29) is 6.04 Å². The number of aromatic nitrogens is 1. The zero-order valence-electron chi connectivity index (χ0n) is 12.8. The topological polar surface area (TPSA) is 43.4 Å². The molecule has 4 nitrogen and oxygen atoms in total. The van der Waals surface area contributed by atoms with Crippen molar-refractivity contribution in [1.29, 1.82) is 0 Å². The van der Waals surface area contributed by atoms with Crippen LogP contribution in [-0.4, -0.2) is 25.7 Å². The number of para-hydroxylation sites is 1. The molecule has 0 bridgehead atoms. The molecule has 2 rings (SSSR count). The van der Waals surface area contributed by atoms with Gasteiger partial charge in [-0.2, -0.15) is 0 Å². The number of nitrogens with one attached hydrogen (secondary N) is 1. The summed E-state index contributed by atoms with van der Waals surface area (Å²) < 4.78 is 11.2. The van der Waals surface area contributed by atoms with Crippen LogP contribution in [0.15, 0.2) is 42.6 Å². The van der Waals surface area contributed by atoms with E-state index in [4.69, 9.17) is 9.47 Å². The van der Waals surface area contributed by atoms with Gasteiger partial charge in [0, 0.05) is 17.3 Å². The number of ether oxygens (including phenoxy) is 2. The van der Waals surface area contributed by atoms with Gasteiger partial charge in [-0.3, -0.25) is 0 Å². The highest BCUT2D eigenvalue weighted by molar-refractivity contribution is 5.44. The van der Waals surface area contributed by atoms with E-state index in [1.54, 1.807) is 13.3 Å². The molecule has 1 N–H and O–H groups in total. The Morgan fingerprint density at radius 1 is 1.14 bits per heavy atom. The van der Waals surface area contributed by atoms with Crippen LogP contribution in [0.4, 0.5) is 0 Å². The number of hydrogen-bond acceptors (Lipinski definition) is 4. The van der Waals surface area contributed by atoms with Crippen molar-refractivity contribution in [3.05, 3.63) is 53.7 Å². The zero-order valence-corrected chi connectivity index (χ0v) is 12.8. The van der Waals surface area contributed by atoms with E-state index in [2.05, 4.69) is 23.3 Å². The van der Waals surface area contributed by atoms with Crippen LogP contribution < -0.4 is 14.8 Å². The fourth-order valence-electron chi connectivity index (χ4n) is 2.33. The van der Waals surface area contributed by atoms with Crippen LogP contribution in [-0.2, 0) is 0 Å². The lowest BCUT2D eigenvalue weighted by Gasteiger charge is -2.21. The van der Waals surface area contributed by atoms with Gasteiger partial charge in [-0.15, -0.1) is 0 Å². The third-order valence-electron chi connectivity index (χ3n) is 3.29. The van der Waals surface area contributed by atoms with Crippen molar-refractivity contribution in [2.45, 2.75) is 19.4 Å². The Kier molecular flexibility index (Phi) is 5.58. The second kappa shape index (κ2) is 7.64. The highest BCUT2D eigenvalue weighted by atomic mass is 16.5. The third kappa shape index (κ3) is 3.52. The molecule has 112 valence electrons. The molecule has 0 spiro atoms. The van der Waals surface area contributed by atoms with Gasteiger partial charge in [0.05, 0.1) is 19.8 Å². The van der Waals surface area contributed by atoms with Crippen LogP contribution in [0.25, 0.3) is 0 Å². The Hall–Kier alpha value is -2.07. The second-order valence-corrected chi connectivity index (χ2v) is 4.71. The normalized spacial score (nSPS) is 12.0. The van der Waals surface area contributed by atoms with Crippen molar-refractivity contribution in [2.75, 3.05) is 20.8 Å². The van der Waals surface area contributed by atoms with E-state index in [1.807, 2.05) is 37.4 Å². The summed E-state index contributed by atoms with van der Waals surface area (Å²) in [5.74, 6) is 1.52. The van der Waals surface area contributed by atoms with Gasteiger partial charge >= 0.3 is 0 Å². The molecule has 0 saturated carbocycles. The van der Waals surface area contributed by atoms with Crippen LogP contribution in [0, 0.1) is 0 Å². The second-order valence-electron chi connectivity index (χ2n) is 4.71. The summed E-state index contributed by atoms with van der Waals surface area (Å²) in [5.41, 5.74) is 2.08. The molecule has 1 atom stereocenters. The van der Waals surface area contributed by atoms with Crippen molar-refractivity contribution in [3.63, 3.8) is 0 Å². The minimum absolute atomic E-state index is 0.0262. The predicted molar refractivity (Wildman–Crippen MR) is 83.9 cm³/mol. The predicted octanol–water partition coefficient (Wildman–Crippen LogP) is 3.19. The summed E-state index contributed by atoms with van der Waals surface area (Å²) in [6.07, 6.45) is 2.71. The maximum absolute atomic E-state index is 5.86. The van der Waals surface area contributed by atoms with E-state index in [9.17, 15) is 0 Å². The van der Waals surface area contributed by atoms with Crippen LogP contribution in [0.3, 0.4) is 0 Å². The highest BCUT2D eigenvalue weighted by Crippen LogP contribution is 2.33. The standard InChI is InChI=1S/C17H22N2O2/c1-4-12-21-15-10-6-5-8-13(15)16(18-2)14-9-7-11-19-17(14)20-3/h5-11,16,18H,4,12H2,1-3H3. The van der Waals surface area contributed by atoms with E-state index in [0.29, 0.717) is 12.5 Å². The first kappa shape index (κ1) is 15.3. The molecule has 0 aliphatic rings. The number of hydrogen-bond donors (Lipinski definition) is 1. The summed E-state index contributed by atoms with van der Waals surface area (Å²) in [5, 5.41) is 3.33. The molecule has 0 aliphatic heterocycles. The molecule has 2 aromatic rings. The lowest BCUT2D eigenvalue weighted by atomic mass is 9.99.